The second kappa shape index (κ2) is 5.35. The van der Waals surface area contributed by atoms with Crippen LogP contribution in [0.1, 0.15) is 46.0 Å². The molecule has 1 saturated heterocycles. The summed E-state index contributed by atoms with van der Waals surface area (Å²) in [6.07, 6.45) is 6.05. The highest BCUT2D eigenvalue weighted by atomic mass is 16.2. The Hall–Kier alpha value is -0.570. The van der Waals surface area contributed by atoms with E-state index in [0.717, 1.165) is 19.4 Å². The molecule has 3 heteroatoms. The zero-order valence-electron chi connectivity index (χ0n) is 9.33. The van der Waals surface area contributed by atoms with Crippen LogP contribution in [-0.4, -0.2) is 29.4 Å². The first kappa shape index (κ1) is 11.5. The fourth-order valence-electron chi connectivity index (χ4n) is 2.04. The van der Waals surface area contributed by atoms with E-state index in [9.17, 15) is 4.79 Å². The Morgan fingerprint density at radius 3 is 2.64 bits per heavy atom. The van der Waals surface area contributed by atoms with E-state index in [1.807, 2.05) is 4.90 Å². The summed E-state index contributed by atoms with van der Waals surface area (Å²) >= 11 is 0. The normalized spacial score (nSPS) is 26.5. The van der Waals surface area contributed by atoms with Crippen LogP contribution >= 0.6 is 0 Å². The molecule has 0 aliphatic carbocycles. The third-order valence-corrected chi connectivity index (χ3v) is 2.98. The van der Waals surface area contributed by atoms with Crippen LogP contribution in [0.4, 0.5) is 0 Å². The number of hydrogen-bond donors (Lipinski definition) is 1. The fraction of sp³-hybridized carbons (Fsp3) is 0.909. The molecule has 1 heterocycles. The molecule has 0 saturated carbocycles. The second-order valence-electron chi connectivity index (χ2n) is 4.37. The predicted molar refractivity (Wildman–Crippen MR) is 57.9 cm³/mol. The first-order valence-electron chi connectivity index (χ1n) is 5.69. The summed E-state index contributed by atoms with van der Waals surface area (Å²) in [5.74, 6) is 0.111. The average Bonchev–Trinajstić information content (AvgIpc) is 2.11. The highest BCUT2D eigenvalue weighted by Gasteiger charge is 2.22. The number of carbonyl (C=O) groups is 1. The van der Waals surface area contributed by atoms with Crippen LogP contribution in [0.2, 0.25) is 0 Å². The monoisotopic (exact) mass is 198 g/mol. The van der Waals surface area contributed by atoms with Crippen LogP contribution in [0.15, 0.2) is 0 Å². The van der Waals surface area contributed by atoms with Crippen molar-refractivity contribution in [1.82, 2.24) is 4.90 Å². The molecular formula is C11H22N2O. The third kappa shape index (κ3) is 2.98. The van der Waals surface area contributed by atoms with Gasteiger partial charge >= 0.3 is 0 Å². The van der Waals surface area contributed by atoms with E-state index in [1.54, 1.807) is 6.92 Å². The van der Waals surface area contributed by atoms with Gasteiger partial charge in [-0.3, -0.25) is 4.79 Å². The molecule has 1 fully saturated rings. The average molecular weight is 198 g/mol. The zero-order chi connectivity index (χ0) is 10.6. The van der Waals surface area contributed by atoms with Crippen molar-refractivity contribution in [2.75, 3.05) is 6.54 Å². The summed E-state index contributed by atoms with van der Waals surface area (Å²) in [5, 5.41) is 0. The number of nitrogens with zero attached hydrogens (tertiary/aromatic N) is 1. The number of rotatable bonds is 1. The van der Waals surface area contributed by atoms with Crippen molar-refractivity contribution in [2.24, 2.45) is 5.73 Å². The lowest BCUT2D eigenvalue weighted by molar-refractivity contribution is -0.134. The zero-order valence-corrected chi connectivity index (χ0v) is 9.33. The maximum Gasteiger partial charge on any atom is 0.239 e. The predicted octanol–water partition coefficient (Wildman–Crippen LogP) is 1.51. The van der Waals surface area contributed by atoms with Gasteiger partial charge in [-0.05, 0) is 26.7 Å². The number of amides is 1. The minimum Gasteiger partial charge on any atom is -0.339 e. The minimum atomic E-state index is -0.350. The molecule has 1 aliphatic heterocycles. The summed E-state index contributed by atoms with van der Waals surface area (Å²) < 4.78 is 0. The Morgan fingerprint density at radius 2 is 2.00 bits per heavy atom. The maximum atomic E-state index is 11.8. The topological polar surface area (TPSA) is 46.3 Å². The van der Waals surface area contributed by atoms with Crippen LogP contribution in [0.25, 0.3) is 0 Å². The number of hydrogen-bond acceptors (Lipinski definition) is 2. The van der Waals surface area contributed by atoms with E-state index in [1.165, 1.54) is 19.3 Å². The Balaban J connectivity index is 2.57. The van der Waals surface area contributed by atoms with E-state index in [2.05, 4.69) is 6.92 Å². The van der Waals surface area contributed by atoms with Gasteiger partial charge in [-0.1, -0.05) is 19.3 Å². The van der Waals surface area contributed by atoms with Crippen molar-refractivity contribution >= 4 is 5.91 Å². The van der Waals surface area contributed by atoms with Gasteiger partial charge in [0, 0.05) is 12.6 Å². The molecule has 0 bridgehead atoms. The summed E-state index contributed by atoms with van der Waals surface area (Å²) in [4.78, 5) is 13.7. The minimum absolute atomic E-state index is 0.111. The van der Waals surface area contributed by atoms with Gasteiger partial charge in [-0.25, -0.2) is 0 Å². The summed E-state index contributed by atoms with van der Waals surface area (Å²) in [7, 11) is 0. The summed E-state index contributed by atoms with van der Waals surface area (Å²) in [5.41, 5.74) is 5.63. The molecule has 1 aliphatic rings. The quantitative estimate of drug-likeness (QED) is 0.694. The molecule has 0 unspecified atom stereocenters. The molecule has 2 N–H and O–H groups in total. The lowest BCUT2D eigenvalue weighted by Gasteiger charge is -2.32. The fourth-order valence-corrected chi connectivity index (χ4v) is 2.04. The molecule has 0 aromatic rings. The van der Waals surface area contributed by atoms with Crippen molar-refractivity contribution < 1.29 is 4.79 Å². The molecule has 1 amide bonds. The van der Waals surface area contributed by atoms with E-state index < -0.39 is 0 Å². The molecule has 14 heavy (non-hydrogen) atoms. The molecule has 0 aromatic heterocycles. The lowest BCUT2D eigenvalue weighted by atomic mass is 10.0. The van der Waals surface area contributed by atoms with Crippen LogP contribution in [0.5, 0.6) is 0 Å². The molecule has 0 radical (unpaired) electrons. The van der Waals surface area contributed by atoms with Crippen LogP contribution in [-0.2, 0) is 4.79 Å². The van der Waals surface area contributed by atoms with Gasteiger partial charge in [0.25, 0.3) is 0 Å². The van der Waals surface area contributed by atoms with Crippen LogP contribution < -0.4 is 5.73 Å². The van der Waals surface area contributed by atoms with E-state index in [0.29, 0.717) is 6.04 Å². The number of nitrogens with two attached hydrogens (primary N) is 1. The SMILES string of the molecule is C[C@@H]1CCCCCCN1C(=O)[C@@H](C)N. The van der Waals surface area contributed by atoms with Gasteiger partial charge in [0.1, 0.15) is 0 Å². The Bertz CT molecular complexity index is 192. The van der Waals surface area contributed by atoms with Crippen molar-refractivity contribution in [3.8, 4) is 0 Å². The van der Waals surface area contributed by atoms with Crippen molar-refractivity contribution in [3.63, 3.8) is 0 Å². The molecule has 2 atom stereocenters. The molecule has 3 nitrogen and oxygen atoms in total. The Labute approximate surface area is 86.6 Å². The Kier molecular flexibility index (Phi) is 4.39. The molecule has 1 rings (SSSR count). The van der Waals surface area contributed by atoms with Gasteiger partial charge in [-0.2, -0.15) is 0 Å². The van der Waals surface area contributed by atoms with Gasteiger partial charge in [-0.15, -0.1) is 0 Å². The van der Waals surface area contributed by atoms with Gasteiger partial charge < -0.3 is 10.6 Å². The number of carbonyl (C=O) groups excluding carboxylic acids is 1. The first-order valence-corrected chi connectivity index (χ1v) is 5.69. The largest absolute Gasteiger partial charge is 0.339 e. The smallest absolute Gasteiger partial charge is 0.239 e. The molecule has 0 aromatic carbocycles. The van der Waals surface area contributed by atoms with Crippen molar-refractivity contribution in [1.29, 1.82) is 0 Å². The Morgan fingerprint density at radius 1 is 1.36 bits per heavy atom. The molecule has 82 valence electrons. The summed E-state index contributed by atoms with van der Waals surface area (Å²) in [6, 6.07) is 0.0191. The maximum absolute atomic E-state index is 11.8. The van der Waals surface area contributed by atoms with Gasteiger partial charge in [0.15, 0.2) is 0 Å². The number of likely N-dealkylation sites (tertiary alicyclic amines) is 1. The van der Waals surface area contributed by atoms with E-state index in [4.69, 9.17) is 5.73 Å². The summed E-state index contributed by atoms with van der Waals surface area (Å²) in [6.45, 7) is 4.79. The highest BCUT2D eigenvalue weighted by molar-refractivity contribution is 5.81. The van der Waals surface area contributed by atoms with Crippen molar-refractivity contribution in [3.05, 3.63) is 0 Å². The van der Waals surface area contributed by atoms with Gasteiger partial charge in [0.05, 0.1) is 6.04 Å². The van der Waals surface area contributed by atoms with Crippen LogP contribution in [0.3, 0.4) is 0 Å². The second-order valence-corrected chi connectivity index (χ2v) is 4.37. The first-order chi connectivity index (χ1) is 6.63. The lowest BCUT2D eigenvalue weighted by Crippen LogP contribution is -2.47. The van der Waals surface area contributed by atoms with Crippen molar-refractivity contribution in [2.45, 2.75) is 58.0 Å². The highest BCUT2D eigenvalue weighted by Crippen LogP contribution is 2.16. The molecule has 0 spiro atoms. The molecular weight excluding hydrogens is 176 g/mol. The van der Waals surface area contributed by atoms with E-state index in [-0.39, 0.29) is 11.9 Å². The van der Waals surface area contributed by atoms with E-state index >= 15 is 0 Å². The van der Waals surface area contributed by atoms with Crippen LogP contribution in [0, 0.1) is 0 Å². The third-order valence-electron chi connectivity index (χ3n) is 2.98. The standard InChI is InChI=1S/C11H22N2O/c1-9-7-5-3-4-6-8-13(9)11(14)10(2)12/h9-10H,3-8,12H2,1-2H3/t9-,10-/m1/s1. The van der Waals surface area contributed by atoms with Gasteiger partial charge in [0.2, 0.25) is 5.91 Å².